The van der Waals surface area contributed by atoms with E-state index in [1.54, 1.807) is 31.5 Å². The molecule has 1 aliphatic carbocycles. The zero-order valence-corrected chi connectivity index (χ0v) is 14.0. The summed E-state index contributed by atoms with van der Waals surface area (Å²) in [7, 11) is 0. The molecule has 3 rings (SSSR count). The van der Waals surface area contributed by atoms with Crippen LogP contribution in [0.5, 0.6) is 0 Å². The maximum Gasteiger partial charge on any atom is 0.319 e. The van der Waals surface area contributed by atoms with Gasteiger partial charge in [0.25, 0.3) is 0 Å². The number of hydrogen-bond acceptors (Lipinski definition) is 5. The highest BCUT2D eigenvalue weighted by molar-refractivity contribution is 8.01. The van der Waals surface area contributed by atoms with Crippen molar-refractivity contribution in [1.29, 1.82) is 0 Å². The molecule has 112 valence electrons. The first-order valence-electron chi connectivity index (χ1n) is 7.06. The van der Waals surface area contributed by atoms with Crippen LogP contribution in [0, 0.1) is 5.92 Å². The lowest BCUT2D eigenvalue weighted by atomic mass is 9.89. The third kappa shape index (κ3) is 2.66. The summed E-state index contributed by atoms with van der Waals surface area (Å²) in [6.07, 6.45) is 4.88. The van der Waals surface area contributed by atoms with Gasteiger partial charge in [-0.25, -0.2) is 9.97 Å². The molecule has 2 aromatic heterocycles. The van der Waals surface area contributed by atoms with Crippen molar-refractivity contribution < 1.29 is 9.90 Å². The van der Waals surface area contributed by atoms with E-state index in [0.717, 1.165) is 28.1 Å². The number of fused-ring (bicyclic) bond motifs is 3. The Morgan fingerprint density at radius 3 is 2.95 bits per heavy atom. The predicted octanol–water partition coefficient (Wildman–Crippen LogP) is 3.77. The summed E-state index contributed by atoms with van der Waals surface area (Å²) in [6, 6.07) is 0. The Bertz CT molecular complexity index is 709. The van der Waals surface area contributed by atoms with Crippen LogP contribution < -0.4 is 0 Å². The molecule has 0 fully saturated rings. The lowest BCUT2D eigenvalue weighted by Crippen LogP contribution is -2.27. The van der Waals surface area contributed by atoms with E-state index in [4.69, 9.17) is 0 Å². The van der Waals surface area contributed by atoms with Crippen LogP contribution in [0.15, 0.2) is 11.4 Å². The Morgan fingerprint density at radius 1 is 1.48 bits per heavy atom. The molecule has 2 aromatic rings. The Morgan fingerprint density at radius 2 is 2.24 bits per heavy atom. The molecular formula is C15H18N2O2S2. The van der Waals surface area contributed by atoms with Gasteiger partial charge in [-0.3, -0.25) is 4.79 Å². The monoisotopic (exact) mass is 322 g/mol. The van der Waals surface area contributed by atoms with E-state index in [1.807, 2.05) is 0 Å². The number of hydrogen-bond donors (Lipinski definition) is 1. The number of aromatic nitrogens is 2. The highest BCUT2D eigenvalue weighted by Gasteiger charge is 2.31. The topological polar surface area (TPSA) is 63.1 Å². The van der Waals surface area contributed by atoms with Gasteiger partial charge in [0.05, 0.1) is 0 Å². The van der Waals surface area contributed by atoms with Crippen molar-refractivity contribution >= 4 is 39.3 Å². The van der Waals surface area contributed by atoms with Crippen LogP contribution >= 0.6 is 23.1 Å². The van der Waals surface area contributed by atoms with Gasteiger partial charge in [0.15, 0.2) is 0 Å². The van der Waals surface area contributed by atoms with Crippen molar-refractivity contribution in [1.82, 2.24) is 9.97 Å². The fourth-order valence-corrected chi connectivity index (χ4v) is 5.02. The van der Waals surface area contributed by atoms with E-state index in [9.17, 15) is 9.90 Å². The van der Waals surface area contributed by atoms with Gasteiger partial charge < -0.3 is 5.11 Å². The molecule has 1 aliphatic rings. The van der Waals surface area contributed by atoms with Crippen LogP contribution in [0.2, 0.25) is 0 Å². The Balaban J connectivity index is 2.10. The fourth-order valence-electron chi connectivity index (χ4n) is 2.61. The molecule has 0 radical (unpaired) electrons. The van der Waals surface area contributed by atoms with Gasteiger partial charge in [-0.15, -0.1) is 11.3 Å². The molecule has 0 aromatic carbocycles. The minimum absolute atomic E-state index is 0.713. The zero-order chi connectivity index (χ0) is 15.2. The summed E-state index contributed by atoms with van der Waals surface area (Å²) in [5.74, 6) is -0.109. The Hall–Kier alpha value is -1.14. The van der Waals surface area contributed by atoms with Crippen LogP contribution in [0.3, 0.4) is 0 Å². The summed E-state index contributed by atoms with van der Waals surface area (Å²) >= 11 is 3.06. The molecule has 1 N–H and O–H groups in total. The first-order valence-corrected chi connectivity index (χ1v) is 8.69. The maximum atomic E-state index is 11.4. The van der Waals surface area contributed by atoms with Crippen LogP contribution in [-0.4, -0.2) is 25.8 Å². The summed E-state index contributed by atoms with van der Waals surface area (Å²) in [5.41, 5.74) is 1.34. The van der Waals surface area contributed by atoms with Crippen LogP contribution in [0.4, 0.5) is 0 Å². The van der Waals surface area contributed by atoms with Gasteiger partial charge in [0, 0.05) is 10.3 Å². The zero-order valence-electron chi connectivity index (χ0n) is 12.3. The van der Waals surface area contributed by atoms with Gasteiger partial charge >= 0.3 is 5.97 Å². The number of rotatable bonds is 3. The third-order valence-electron chi connectivity index (χ3n) is 3.92. The molecule has 0 spiro atoms. The van der Waals surface area contributed by atoms with Gasteiger partial charge in [0.2, 0.25) is 0 Å². The standard InChI is InChI=1S/C15H18N2O2S2/c1-8-4-5-9-10(6-8)20-12-11(9)13(17-7-16-12)21-15(2,3)14(18)19/h7-8H,4-6H2,1-3H3,(H,18,19). The van der Waals surface area contributed by atoms with Crippen molar-refractivity contribution in [3.05, 3.63) is 16.8 Å². The summed E-state index contributed by atoms with van der Waals surface area (Å²) in [4.78, 5) is 22.5. The number of aliphatic carboxylic acids is 1. The summed E-state index contributed by atoms with van der Waals surface area (Å²) in [6.45, 7) is 5.71. The largest absolute Gasteiger partial charge is 0.480 e. The number of thioether (sulfide) groups is 1. The average molecular weight is 322 g/mol. The molecule has 0 aliphatic heterocycles. The number of carbonyl (C=O) groups is 1. The van der Waals surface area contributed by atoms with E-state index in [-0.39, 0.29) is 0 Å². The van der Waals surface area contributed by atoms with E-state index < -0.39 is 10.7 Å². The van der Waals surface area contributed by atoms with E-state index in [0.29, 0.717) is 5.92 Å². The highest BCUT2D eigenvalue weighted by atomic mass is 32.2. The van der Waals surface area contributed by atoms with E-state index in [2.05, 4.69) is 16.9 Å². The average Bonchev–Trinajstić information content (AvgIpc) is 2.76. The van der Waals surface area contributed by atoms with Crippen molar-refractivity contribution in [2.75, 3.05) is 0 Å². The third-order valence-corrected chi connectivity index (χ3v) is 6.27. The smallest absolute Gasteiger partial charge is 0.319 e. The van der Waals surface area contributed by atoms with Gasteiger partial charge in [-0.05, 0) is 44.6 Å². The van der Waals surface area contributed by atoms with Crippen LogP contribution in [0.1, 0.15) is 37.6 Å². The van der Waals surface area contributed by atoms with Crippen molar-refractivity contribution in [3.63, 3.8) is 0 Å². The first-order chi connectivity index (χ1) is 9.88. The van der Waals surface area contributed by atoms with Crippen molar-refractivity contribution in [2.45, 2.75) is 49.8 Å². The van der Waals surface area contributed by atoms with Crippen molar-refractivity contribution in [3.8, 4) is 0 Å². The minimum Gasteiger partial charge on any atom is -0.480 e. The molecule has 0 bridgehead atoms. The van der Waals surface area contributed by atoms with Gasteiger partial charge in [0.1, 0.15) is 20.9 Å². The molecule has 1 unspecified atom stereocenters. The molecule has 0 saturated carbocycles. The fraction of sp³-hybridized carbons (Fsp3) is 0.533. The van der Waals surface area contributed by atoms with E-state index in [1.165, 1.54) is 28.6 Å². The van der Waals surface area contributed by atoms with Crippen LogP contribution in [0.25, 0.3) is 10.2 Å². The summed E-state index contributed by atoms with van der Waals surface area (Å²) in [5, 5.41) is 11.2. The molecule has 6 heteroatoms. The minimum atomic E-state index is -0.891. The second-order valence-corrected chi connectivity index (χ2v) is 8.82. The number of nitrogens with zero attached hydrogens (tertiary/aromatic N) is 2. The van der Waals surface area contributed by atoms with Gasteiger partial charge in [-0.2, -0.15) is 0 Å². The van der Waals surface area contributed by atoms with Crippen molar-refractivity contribution in [2.24, 2.45) is 5.92 Å². The quantitative estimate of drug-likeness (QED) is 0.688. The Kier molecular flexibility index (Phi) is 3.69. The number of thiophene rings is 1. The summed E-state index contributed by atoms with van der Waals surface area (Å²) < 4.78 is -0.891. The number of carboxylic acid groups (broad SMARTS) is 1. The lowest BCUT2D eigenvalue weighted by molar-refractivity contribution is -0.138. The number of carboxylic acids is 1. The first kappa shape index (κ1) is 14.8. The normalized spacial score (nSPS) is 18.7. The highest BCUT2D eigenvalue weighted by Crippen LogP contribution is 2.43. The van der Waals surface area contributed by atoms with Crippen LogP contribution in [-0.2, 0) is 17.6 Å². The predicted molar refractivity (Wildman–Crippen MR) is 86.2 cm³/mol. The number of aryl methyl sites for hydroxylation is 1. The second kappa shape index (κ2) is 5.25. The molecule has 4 nitrogen and oxygen atoms in total. The molecule has 1 atom stereocenters. The molecule has 0 saturated heterocycles. The van der Waals surface area contributed by atoms with Gasteiger partial charge in [-0.1, -0.05) is 18.7 Å². The molecule has 2 heterocycles. The molecule has 21 heavy (non-hydrogen) atoms. The van der Waals surface area contributed by atoms with E-state index >= 15 is 0 Å². The SMILES string of the molecule is CC1CCc2c(sc3ncnc(SC(C)(C)C(=O)O)c23)C1. The maximum absolute atomic E-state index is 11.4. The molecule has 0 amide bonds. The second-order valence-electron chi connectivity index (χ2n) is 6.13. The molecular weight excluding hydrogens is 304 g/mol. The Labute approximate surface area is 132 Å². The lowest BCUT2D eigenvalue weighted by Gasteiger charge is -2.20.